The van der Waals surface area contributed by atoms with E-state index in [9.17, 15) is 10.1 Å². The highest BCUT2D eigenvalue weighted by molar-refractivity contribution is 4.58. The monoisotopic (exact) mass is 223 g/mol. The van der Waals surface area contributed by atoms with E-state index in [1.165, 1.54) is 0 Å². The van der Waals surface area contributed by atoms with Crippen LogP contribution in [0.25, 0.3) is 0 Å². The minimum absolute atomic E-state index is 0.279. The molecule has 0 atom stereocenters. The van der Waals surface area contributed by atoms with Gasteiger partial charge in [0, 0.05) is 12.8 Å². The Bertz CT molecular complexity index is 201. The third-order valence-electron chi connectivity index (χ3n) is 1.97. The second-order valence-corrected chi connectivity index (χ2v) is 3.05. The molecular weight excluding hydrogens is 210 g/mol. The van der Waals surface area contributed by atoms with Crippen LogP contribution in [0.3, 0.4) is 0 Å². The van der Waals surface area contributed by atoms with Gasteiger partial charge in [0.2, 0.25) is 0 Å². The van der Waals surface area contributed by atoms with Gasteiger partial charge in [-0.3, -0.25) is 0 Å². The molecule has 0 aromatic carbocycles. The average Bonchev–Trinajstić information content (AvgIpc) is 2.15. The van der Waals surface area contributed by atoms with Crippen molar-refractivity contribution in [1.29, 1.82) is 0 Å². The quantitative estimate of drug-likeness (QED) is 0.478. The van der Waals surface area contributed by atoms with Crippen molar-refractivity contribution in [3.63, 3.8) is 0 Å². The molecule has 0 spiro atoms. The van der Waals surface area contributed by atoms with Gasteiger partial charge in [-0.05, 0) is 5.92 Å². The second-order valence-electron chi connectivity index (χ2n) is 3.05. The van der Waals surface area contributed by atoms with E-state index in [4.69, 9.17) is 15.3 Å². The second kappa shape index (κ2) is 7.74. The Morgan fingerprint density at radius 1 is 1.20 bits per heavy atom. The zero-order valence-corrected chi connectivity index (χ0v) is 8.03. The van der Waals surface area contributed by atoms with Gasteiger partial charge in [-0.15, -0.1) is 10.1 Å². The molecule has 0 aromatic heterocycles. The van der Waals surface area contributed by atoms with Gasteiger partial charge in [0.25, 0.3) is 5.09 Å². The van der Waals surface area contributed by atoms with Crippen molar-refractivity contribution < 1.29 is 20.3 Å². The lowest BCUT2D eigenvalue weighted by Crippen LogP contribution is -2.86. The van der Waals surface area contributed by atoms with Gasteiger partial charge < -0.3 is 25.5 Å². The molecular formula is C6H13N3O6. The van der Waals surface area contributed by atoms with Gasteiger partial charge in [0.15, 0.2) is 0 Å². The Labute approximate surface area is 85.2 Å². The van der Waals surface area contributed by atoms with E-state index in [0.717, 1.165) is 25.9 Å². The minimum atomic E-state index is -1.75. The molecule has 1 heterocycles. The van der Waals surface area contributed by atoms with E-state index < -0.39 is 10.2 Å². The lowest BCUT2D eigenvalue weighted by atomic mass is 10.00. The van der Waals surface area contributed by atoms with Crippen molar-refractivity contribution in [1.82, 2.24) is 0 Å². The van der Waals surface area contributed by atoms with Crippen molar-refractivity contribution in [2.24, 2.45) is 5.92 Å². The molecule has 0 saturated carbocycles. The van der Waals surface area contributed by atoms with E-state index in [0.29, 0.717) is 5.92 Å². The fraction of sp³-hybridized carbons (Fsp3) is 1.00. The molecule has 0 unspecified atom stereocenters. The number of hydrogen-bond acceptors (Lipinski definition) is 6. The first-order chi connectivity index (χ1) is 7.02. The maximum atomic E-state index is 9.82. The molecule has 9 nitrogen and oxygen atoms in total. The number of nitrogens with two attached hydrogens (primary N) is 1. The minimum Gasteiger partial charge on any atom is -0.356 e. The summed E-state index contributed by atoms with van der Waals surface area (Å²) in [6, 6.07) is 0. The first-order valence-electron chi connectivity index (χ1n) is 4.43. The topological polar surface area (TPSA) is 135 Å². The Morgan fingerprint density at radius 3 is 2.07 bits per heavy atom. The van der Waals surface area contributed by atoms with Crippen LogP contribution in [0.4, 0.5) is 0 Å². The van der Waals surface area contributed by atoms with Crippen molar-refractivity contribution in [2.45, 2.75) is 12.8 Å². The van der Waals surface area contributed by atoms with E-state index in [1.807, 2.05) is 0 Å². The Morgan fingerprint density at radius 2 is 1.67 bits per heavy atom. The predicted octanol–water partition coefficient (Wildman–Crippen LogP) is -1.07. The van der Waals surface area contributed by atoms with Crippen molar-refractivity contribution in [3.8, 4) is 0 Å². The van der Waals surface area contributed by atoms with Gasteiger partial charge in [0.1, 0.15) is 0 Å². The van der Waals surface area contributed by atoms with Gasteiger partial charge >= 0.3 is 0 Å². The lowest BCUT2D eigenvalue weighted by Gasteiger charge is -2.18. The Kier molecular flexibility index (Phi) is 6.89. The average molecular weight is 223 g/mol. The summed E-state index contributed by atoms with van der Waals surface area (Å²) >= 11 is 0. The van der Waals surface area contributed by atoms with Crippen molar-refractivity contribution in [3.05, 3.63) is 25.4 Å². The van der Waals surface area contributed by atoms with Gasteiger partial charge in [0.05, 0.1) is 24.8 Å². The van der Waals surface area contributed by atoms with Crippen LogP contribution in [0.2, 0.25) is 0 Å². The number of piperidine rings is 1. The molecule has 1 aliphatic rings. The summed E-state index contributed by atoms with van der Waals surface area (Å²) < 4.78 is 0. The highest BCUT2D eigenvalue weighted by Gasteiger charge is 2.16. The molecule has 9 heteroatoms. The molecule has 0 aromatic rings. The molecule has 0 bridgehead atoms. The Hall–Kier alpha value is -1.64. The van der Waals surface area contributed by atoms with Crippen LogP contribution in [-0.4, -0.2) is 29.9 Å². The maximum absolute atomic E-state index is 9.82. The molecule has 0 amide bonds. The molecule has 1 rings (SSSR count). The van der Waals surface area contributed by atoms with Gasteiger partial charge in [-0.1, -0.05) is 0 Å². The van der Waals surface area contributed by atoms with E-state index in [1.54, 1.807) is 0 Å². The molecule has 15 heavy (non-hydrogen) atoms. The third-order valence-corrected chi connectivity index (χ3v) is 1.97. The molecule has 1 aliphatic heterocycles. The number of quaternary nitrogens is 1. The van der Waals surface area contributed by atoms with Gasteiger partial charge in [-0.25, -0.2) is 0 Å². The number of nitrogens with zero attached hydrogens (tertiary/aromatic N) is 2. The van der Waals surface area contributed by atoms with Crippen LogP contribution in [0.5, 0.6) is 0 Å². The lowest BCUT2D eigenvalue weighted by molar-refractivity contribution is -0.760. The standard InChI is InChI=1S/C6H12N2O3.NO3/c9-8(10)11-5-6-1-3-7-4-2-6;2-1(3)4/h6-7H,1-5H2;/q;-1/p+1. The summed E-state index contributed by atoms with van der Waals surface area (Å²) in [5, 5.41) is 26.1. The molecule has 88 valence electrons. The summed E-state index contributed by atoms with van der Waals surface area (Å²) in [5.41, 5.74) is 0. The smallest absolute Gasteiger partial charge is 0.294 e. The van der Waals surface area contributed by atoms with Crippen LogP contribution < -0.4 is 5.32 Å². The number of rotatable bonds is 3. The van der Waals surface area contributed by atoms with Crippen LogP contribution in [0, 0.1) is 31.4 Å². The fourth-order valence-electron chi connectivity index (χ4n) is 1.33. The Balaban J connectivity index is 0.000000423. The van der Waals surface area contributed by atoms with E-state index in [2.05, 4.69) is 10.2 Å². The molecule has 1 fully saturated rings. The van der Waals surface area contributed by atoms with Crippen molar-refractivity contribution in [2.75, 3.05) is 19.7 Å². The SMILES string of the molecule is O=[N+]([O-])OCC1CC[NH2+]CC1.O=[N+]([O-])[O-]. The molecule has 0 aliphatic carbocycles. The van der Waals surface area contributed by atoms with E-state index >= 15 is 0 Å². The van der Waals surface area contributed by atoms with Crippen LogP contribution in [0.1, 0.15) is 12.8 Å². The summed E-state index contributed by atoms with van der Waals surface area (Å²) in [4.78, 5) is 22.4. The van der Waals surface area contributed by atoms with Crippen LogP contribution >= 0.6 is 0 Å². The first-order valence-corrected chi connectivity index (χ1v) is 4.43. The number of hydrogen-bond donors (Lipinski definition) is 1. The maximum Gasteiger partial charge on any atom is 0.294 e. The summed E-state index contributed by atoms with van der Waals surface area (Å²) in [5.74, 6) is 0.394. The summed E-state index contributed by atoms with van der Waals surface area (Å²) in [6.07, 6.45) is 2.07. The highest BCUT2D eigenvalue weighted by atomic mass is 16.9. The molecule has 2 N–H and O–H groups in total. The highest BCUT2D eigenvalue weighted by Crippen LogP contribution is 2.08. The molecule has 0 radical (unpaired) electrons. The van der Waals surface area contributed by atoms with Crippen LogP contribution in [-0.2, 0) is 4.84 Å². The fourth-order valence-corrected chi connectivity index (χ4v) is 1.33. The summed E-state index contributed by atoms with van der Waals surface area (Å²) in [7, 11) is 0. The normalized spacial score (nSPS) is 16.0. The van der Waals surface area contributed by atoms with E-state index in [-0.39, 0.29) is 6.61 Å². The zero-order valence-electron chi connectivity index (χ0n) is 8.03. The largest absolute Gasteiger partial charge is 0.356 e. The predicted molar refractivity (Wildman–Crippen MR) is 47.7 cm³/mol. The van der Waals surface area contributed by atoms with Crippen molar-refractivity contribution >= 4 is 0 Å². The van der Waals surface area contributed by atoms with Gasteiger partial charge in [-0.2, -0.15) is 0 Å². The molecule has 1 saturated heterocycles. The summed E-state index contributed by atoms with van der Waals surface area (Å²) in [6.45, 7) is 2.43. The van der Waals surface area contributed by atoms with Crippen LogP contribution in [0.15, 0.2) is 0 Å². The third kappa shape index (κ3) is 10.3. The zero-order chi connectivity index (χ0) is 11.7. The first kappa shape index (κ1) is 13.4.